The quantitative estimate of drug-likeness (QED) is 0.775. The van der Waals surface area contributed by atoms with Gasteiger partial charge >= 0.3 is 0 Å². The fraction of sp³-hybridized carbons (Fsp3) is 0.333. The molecule has 0 radical (unpaired) electrons. The fourth-order valence-electron chi connectivity index (χ4n) is 3.47. The van der Waals surface area contributed by atoms with E-state index in [9.17, 15) is 0 Å². The van der Waals surface area contributed by atoms with Gasteiger partial charge in [-0.3, -0.25) is 0 Å². The van der Waals surface area contributed by atoms with Crippen molar-refractivity contribution in [3.63, 3.8) is 0 Å². The molecule has 2 aliphatic rings. The van der Waals surface area contributed by atoms with E-state index < -0.39 is 0 Å². The summed E-state index contributed by atoms with van der Waals surface area (Å²) in [7, 11) is 1.75. The lowest BCUT2D eigenvalue weighted by atomic mass is 9.94. The lowest BCUT2D eigenvalue weighted by Gasteiger charge is -2.21. The molecule has 20 heavy (non-hydrogen) atoms. The highest BCUT2D eigenvalue weighted by Crippen LogP contribution is 2.46. The van der Waals surface area contributed by atoms with Gasteiger partial charge in [0.2, 0.25) is 0 Å². The molecule has 2 aromatic rings. The van der Waals surface area contributed by atoms with E-state index in [0.717, 1.165) is 16.2 Å². The van der Waals surface area contributed by atoms with Crippen molar-refractivity contribution in [1.82, 2.24) is 0 Å². The molecule has 2 heterocycles. The Labute approximate surface area is 124 Å². The molecule has 2 aromatic carbocycles. The number of hydrogen-bond acceptors (Lipinski definition) is 2. The molecule has 2 heteroatoms. The average molecular weight is 282 g/mol. The molecule has 1 fully saturated rings. The van der Waals surface area contributed by atoms with Crippen LogP contribution in [0.2, 0.25) is 0 Å². The van der Waals surface area contributed by atoms with Crippen LogP contribution in [-0.4, -0.2) is 17.6 Å². The second-order valence-electron chi connectivity index (χ2n) is 5.63. The van der Waals surface area contributed by atoms with E-state index in [2.05, 4.69) is 54.2 Å². The molecule has 0 spiro atoms. The van der Waals surface area contributed by atoms with Crippen LogP contribution in [0, 0.1) is 0 Å². The summed E-state index contributed by atoms with van der Waals surface area (Å²) in [6, 6.07) is 12.9. The van der Waals surface area contributed by atoms with Crippen molar-refractivity contribution in [2.75, 3.05) is 7.11 Å². The summed E-state index contributed by atoms with van der Waals surface area (Å²) >= 11 is 2.16. The predicted octanol–water partition coefficient (Wildman–Crippen LogP) is 4.90. The van der Waals surface area contributed by atoms with Crippen LogP contribution in [0.3, 0.4) is 0 Å². The smallest absolute Gasteiger partial charge is 0.126 e. The molecule has 1 saturated heterocycles. The molecule has 2 atom stereocenters. The number of fused-ring (bicyclic) bond motifs is 3. The van der Waals surface area contributed by atoms with E-state index >= 15 is 0 Å². The van der Waals surface area contributed by atoms with Crippen LogP contribution in [-0.2, 0) is 0 Å². The molecule has 2 unspecified atom stereocenters. The Balaban J connectivity index is 1.88. The first-order valence-corrected chi connectivity index (χ1v) is 8.21. The van der Waals surface area contributed by atoms with Crippen molar-refractivity contribution in [2.45, 2.75) is 29.8 Å². The minimum Gasteiger partial charge on any atom is -0.496 e. The van der Waals surface area contributed by atoms with Gasteiger partial charge in [0.15, 0.2) is 0 Å². The molecule has 102 valence electrons. The van der Waals surface area contributed by atoms with Crippen molar-refractivity contribution in [1.29, 1.82) is 0 Å². The van der Waals surface area contributed by atoms with Crippen LogP contribution in [0.4, 0.5) is 0 Å². The van der Waals surface area contributed by atoms with Crippen molar-refractivity contribution in [2.24, 2.45) is 0 Å². The third-order valence-corrected chi connectivity index (χ3v) is 5.93. The van der Waals surface area contributed by atoms with Gasteiger partial charge < -0.3 is 4.74 Å². The van der Waals surface area contributed by atoms with Gasteiger partial charge in [0.05, 0.1) is 7.11 Å². The molecular weight excluding hydrogens is 264 g/mol. The Morgan fingerprint density at radius 1 is 1.05 bits per heavy atom. The van der Waals surface area contributed by atoms with Gasteiger partial charge in [-0.15, -0.1) is 0 Å². The normalized spacial score (nSPS) is 24.8. The number of thioether (sulfide) groups is 1. The van der Waals surface area contributed by atoms with Crippen molar-refractivity contribution in [3.8, 4) is 5.75 Å². The third kappa shape index (κ3) is 1.94. The first-order valence-electron chi connectivity index (χ1n) is 7.27. The zero-order valence-electron chi connectivity index (χ0n) is 11.6. The van der Waals surface area contributed by atoms with Gasteiger partial charge in [-0.2, -0.15) is 11.8 Å². The first-order chi connectivity index (χ1) is 9.85. The lowest BCUT2D eigenvalue weighted by Crippen LogP contribution is -2.05. The highest BCUT2D eigenvalue weighted by molar-refractivity contribution is 8.01. The Morgan fingerprint density at radius 2 is 1.90 bits per heavy atom. The highest BCUT2D eigenvalue weighted by Gasteiger charge is 2.30. The van der Waals surface area contributed by atoms with Crippen molar-refractivity contribution in [3.05, 3.63) is 48.0 Å². The number of hydrogen-bond donors (Lipinski definition) is 0. The van der Waals surface area contributed by atoms with Crippen LogP contribution >= 0.6 is 11.8 Å². The van der Waals surface area contributed by atoms with E-state index in [1.807, 2.05) is 0 Å². The molecule has 4 rings (SSSR count). The molecule has 2 aliphatic heterocycles. The van der Waals surface area contributed by atoms with E-state index in [1.54, 1.807) is 7.11 Å². The Kier molecular flexibility index (Phi) is 2.99. The third-order valence-electron chi connectivity index (χ3n) is 4.42. The Hall–Kier alpha value is -1.41. The zero-order chi connectivity index (χ0) is 13.5. The minimum atomic E-state index is 0.740. The van der Waals surface area contributed by atoms with Gasteiger partial charge in [0, 0.05) is 15.9 Å². The van der Waals surface area contributed by atoms with Crippen LogP contribution < -0.4 is 4.74 Å². The highest BCUT2D eigenvalue weighted by atomic mass is 32.2. The lowest BCUT2D eigenvalue weighted by molar-refractivity contribution is 0.420. The van der Waals surface area contributed by atoms with E-state index in [-0.39, 0.29) is 0 Å². The molecule has 0 saturated carbocycles. The SMILES string of the molecule is COc1ccc(C2=CC3CCC(C2)S3)c2ccccc12. The summed E-state index contributed by atoms with van der Waals surface area (Å²) < 4.78 is 5.50. The summed E-state index contributed by atoms with van der Waals surface area (Å²) in [4.78, 5) is 0. The molecule has 0 aliphatic carbocycles. The fourth-order valence-corrected chi connectivity index (χ4v) is 5.03. The van der Waals surface area contributed by atoms with Gasteiger partial charge in [0.25, 0.3) is 0 Å². The van der Waals surface area contributed by atoms with E-state index in [0.29, 0.717) is 0 Å². The second kappa shape index (κ2) is 4.85. The number of allylic oxidation sites excluding steroid dienone is 1. The minimum absolute atomic E-state index is 0.740. The maximum Gasteiger partial charge on any atom is 0.126 e. The standard InChI is InChI=1S/C18H18OS/c1-19-18-9-8-15(16-4-2-3-5-17(16)18)12-10-13-6-7-14(11-12)20-13/h2-5,8-10,13-14H,6-7,11H2,1H3. The molecular formula is C18H18OS. The molecule has 2 bridgehead atoms. The maximum atomic E-state index is 5.50. The Morgan fingerprint density at radius 3 is 2.70 bits per heavy atom. The van der Waals surface area contributed by atoms with Crippen molar-refractivity contribution >= 4 is 28.1 Å². The molecule has 0 aromatic heterocycles. The first kappa shape index (κ1) is 12.3. The summed E-state index contributed by atoms with van der Waals surface area (Å²) in [5.41, 5.74) is 2.94. The predicted molar refractivity (Wildman–Crippen MR) is 87.5 cm³/mol. The number of ether oxygens (including phenoxy) is 1. The van der Waals surface area contributed by atoms with Crippen LogP contribution in [0.1, 0.15) is 24.8 Å². The summed E-state index contributed by atoms with van der Waals surface area (Å²) in [5, 5.41) is 4.12. The van der Waals surface area contributed by atoms with Gasteiger partial charge in [-0.1, -0.05) is 36.4 Å². The maximum absolute atomic E-state index is 5.50. The average Bonchev–Trinajstić information content (AvgIpc) is 2.84. The number of benzene rings is 2. The molecule has 1 nitrogen and oxygen atoms in total. The number of methoxy groups -OCH3 is 1. The second-order valence-corrected chi connectivity index (χ2v) is 7.18. The van der Waals surface area contributed by atoms with E-state index in [4.69, 9.17) is 4.74 Å². The molecule has 0 N–H and O–H groups in total. The van der Waals surface area contributed by atoms with Crippen LogP contribution in [0.15, 0.2) is 42.5 Å². The van der Waals surface area contributed by atoms with Crippen LogP contribution in [0.5, 0.6) is 5.75 Å². The van der Waals surface area contributed by atoms with Gasteiger partial charge in [-0.05, 0) is 41.9 Å². The summed E-state index contributed by atoms with van der Waals surface area (Å²) in [6.07, 6.45) is 6.45. The van der Waals surface area contributed by atoms with Gasteiger partial charge in [-0.25, -0.2) is 0 Å². The monoisotopic (exact) mass is 282 g/mol. The zero-order valence-corrected chi connectivity index (χ0v) is 12.5. The summed E-state index contributed by atoms with van der Waals surface area (Å²) in [6.45, 7) is 0. The Bertz CT molecular complexity index is 689. The topological polar surface area (TPSA) is 9.23 Å². The number of rotatable bonds is 2. The van der Waals surface area contributed by atoms with E-state index in [1.165, 1.54) is 41.2 Å². The largest absolute Gasteiger partial charge is 0.496 e. The summed E-state index contributed by atoms with van der Waals surface area (Å²) in [5.74, 6) is 0.970. The van der Waals surface area contributed by atoms with Crippen LogP contribution in [0.25, 0.3) is 16.3 Å². The van der Waals surface area contributed by atoms with Crippen molar-refractivity contribution < 1.29 is 4.74 Å². The molecule has 0 amide bonds. The van der Waals surface area contributed by atoms with Gasteiger partial charge in [0.1, 0.15) is 5.75 Å².